The predicted molar refractivity (Wildman–Crippen MR) is 62.0 cm³/mol. The molecular weight excluding hydrogens is 216 g/mol. The van der Waals surface area contributed by atoms with E-state index in [1.54, 1.807) is 12.5 Å². The van der Waals surface area contributed by atoms with Crippen molar-refractivity contribution >= 4 is 5.97 Å². The minimum atomic E-state index is -0.0260. The van der Waals surface area contributed by atoms with Crippen LogP contribution in [-0.2, 0) is 16.1 Å². The zero-order chi connectivity index (χ0) is 11.7. The maximum absolute atomic E-state index is 11.9. The van der Waals surface area contributed by atoms with E-state index in [2.05, 4.69) is 17.1 Å². The molecule has 4 heteroatoms. The van der Waals surface area contributed by atoms with E-state index in [1.165, 1.54) is 0 Å². The number of rotatable bonds is 4. The Labute approximate surface area is 100 Å². The van der Waals surface area contributed by atoms with Crippen molar-refractivity contribution in [3.8, 4) is 0 Å². The SMILES string of the molecule is O=C(OCCn1ccnc1)C1CC2C=CC1C2. The molecule has 3 rings (SSSR count). The molecule has 4 nitrogen and oxygen atoms in total. The van der Waals surface area contributed by atoms with Gasteiger partial charge in [-0.2, -0.15) is 0 Å². The van der Waals surface area contributed by atoms with Crippen molar-refractivity contribution < 1.29 is 9.53 Å². The first-order valence-electron chi connectivity index (χ1n) is 6.13. The number of aromatic nitrogens is 2. The van der Waals surface area contributed by atoms with Crippen LogP contribution in [0.15, 0.2) is 30.9 Å². The van der Waals surface area contributed by atoms with E-state index < -0.39 is 0 Å². The van der Waals surface area contributed by atoms with Crippen LogP contribution in [0.3, 0.4) is 0 Å². The van der Waals surface area contributed by atoms with Gasteiger partial charge in [0.25, 0.3) is 0 Å². The Hall–Kier alpha value is -1.58. The van der Waals surface area contributed by atoms with Gasteiger partial charge in [-0.15, -0.1) is 0 Å². The van der Waals surface area contributed by atoms with Gasteiger partial charge in [0.2, 0.25) is 0 Å². The summed E-state index contributed by atoms with van der Waals surface area (Å²) in [6.45, 7) is 1.12. The summed E-state index contributed by atoms with van der Waals surface area (Å²) in [6.07, 6.45) is 11.9. The molecule has 2 aliphatic rings. The predicted octanol–water partition coefficient (Wildman–Crippen LogP) is 1.64. The van der Waals surface area contributed by atoms with Gasteiger partial charge in [0.05, 0.1) is 18.8 Å². The molecule has 2 aliphatic carbocycles. The summed E-state index contributed by atoms with van der Waals surface area (Å²) >= 11 is 0. The molecule has 0 aromatic carbocycles. The largest absolute Gasteiger partial charge is 0.464 e. The maximum atomic E-state index is 11.9. The monoisotopic (exact) mass is 232 g/mol. The maximum Gasteiger partial charge on any atom is 0.309 e. The average molecular weight is 232 g/mol. The summed E-state index contributed by atoms with van der Waals surface area (Å²) in [5, 5.41) is 0. The van der Waals surface area contributed by atoms with Crippen LogP contribution < -0.4 is 0 Å². The zero-order valence-corrected chi connectivity index (χ0v) is 9.66. The van der Waals surface area contributed by atoms with Crippen LogP contribution >= 0.6 is 0 Å². The molecular formula is C13H16N2O2. The lowest BCUT2D eigenvalue weighted by molar-refractivity contribution is -0.149. The molecule has 1 aromatic heterocycles. The van der Waals surface area contributed by atoms with Crippen molar-refractivity contribution in [3.63, 3.8) is 0 Å². The average Bonchev–Trinajstić information content (AvgIpc) is 3.05. The molecule has 90 valence electrons. The van der Waals surface area contributed by atoms with Gasteiger partial charge < -0.3 is 9.30 Å². The van der Waals surface area contributed by atoms with Gasteiger partial charge >= 0.3 is 5.97 Å². The second-order valence-electron chi connectivity index (χ2n) is 4.85. The minimum Gasteiger partial charge on any atom is -0.464 e. The molecule has 1 aromatic rings. The quantitative estimate of drug-likeness (QED) is 0.585. The number of hydrogen-bond donors (Lipinski definition) is 0. The topological polar surface area (TPSA) is 44.1 Å². The lowest BCUT2D eigenvalue weighted by Crippen LogP contribution is -2.23. The Morgan fingerprint density at radius 2 is 2.35 bits per heavy atom. The molecule has 0 aliphatic heterocycles. The molecule has 3 atom stereocenters. The van der Waals surface area contributed by atoms with Gasteiger partial charge in [0.1, 0.15) is 6.61 Å². The van der Waals surface area contributed by atoms with Crippen LogP contribution in [0.25, 0.3) is 0 Å². The molecule has 3 unspecified atom stereocenters. The number of esters is 1. The van der Waals surface area contributed by atoms with Crippen molar-refractivity contribution in [1.29, 1.82) is 0 Å². The third-order valence-electron chi connectivity index (χ3n) is 3.73. The Bertz CT molecular complexity index is 425. The highest BCUT2D eigenvalue weighted by atomic mass is 16.5. The highest BCUT2D eigenvalue weighted by Gasteiger charge is 2.40. The molecule has 1 saturated carbocycles. The molecule has 0 amide bonds. The summed E-state index contributed by atoms with van der Waals surface area (Å²) in [7, 11) is 0. The first-order valence-corrected chi connectivity index (χ1v) is 6.13. The van der Waals surface area contributed by atoms with Gasteiger partial charge in [0.15, 0.2) is 0 Å². The van der Waals surface area contributed by atoms with Crippen molar-refractivity contribution in [1.82, 2.24) is 9.55 Å². The fourth-order valence-electron chi connectivity index (χ4n) is 2.83. The Kier molecular flexibility index (Phi) is 2.71. The highest BCUT2D eigenvalue weighted by molar-refractivity contribution is 5.74. The number of imidazole rings is 1. The van der Waals surface area contributed by atoms with Gasteiger partial charge in [0, 0.05) is 12.4 Å². The van der Waals surface area contributed by atoms with E-state index in [1.807, 2.05) is 10.8 Å². The number of ether oxygens (including phenoxy) is 1. The summed E-state index contributed by atoms with van der Waals surface area (Å²) in [5.74, 6) is 1.13. The first-order chi connectivity index (χ1) is 8.33. The van der Waals surface area contributed by atoms with E-state index in [9.17, 15) is 4.79 Å². The summed E-state index contributed by atoms with van der Waals surface area (Å²) in [6, 6.07) is 0. The van der Waals surface area contributed by atoms with Crippen molar-refractivity contribution in [2.75, 3.05) is 6.61 Å². The molecule has 0 spiro atoms. The van der Waals surface area contributed by atoms with Gasteiger partial charge in [-0.3, -0.25) is 4.79 Å². The Balaban J connectivity index is 1.46. The van der Waals surface area contributed by atoms with Gasteiger partial charge in [-0.05, 0) is 24.7 Å². The van der Waals surface area contributed by atoms with Crippen LogP contribution in [0.4, 0.5) is 0 Å². The number of carbonyl (C=O) groups is 1. The van der Waals surface area contributed by atoms with E-state index in [4.69, 9.17) is 4.74 Å². The van der Waals surface area contributed by atoms with Crippen LogP contribution in [0.2, 0.25) is 0 Å². The van der Waals surface area contributed by atoms with Crippen LogP contribution in [0, 0.1) is 17.8 Å². The van der Waals surface area contributed by atoms with E-state index in [0.717, 1.165) is 12.8 Å². The molecule has 0 radical (unpaired) electrons. The molecule has 0 saturated heterocycles. The van der Waals surface area contributed by atoms with Crippen molar-refractivity contribution in [2.45, 2.75) is 19.4 Å². The summed E-state index contributed by atoms with van der Waals surface area (Å²) < 4.78 is 7.24. The van der Waals surface area contributed by atoms with E-state index in [-0.39, 0.29) is 11.9 Å². The lowest BCUT2D eigenvalue weighted by atomic mass is 9.94. The third-order valence-corrected chi connectivity index (χ3v) is 3.73. The first kappa shape index (κ1) is 10.6. The molecule has 1 heterocycles. The Morgan fingerprint density at radius 3 is 3.00 bits per heavy atom. The molecule has 1 fully saturated rings. The van der Waals surface area contributed by atoms with Crippen LogP contribution in [0.1, 0.15) is 12.8 Å². The van der Waals surface area contributed by atoms with Gasteiger partial charge in [-0.1, -0.05) is 12.2 Å². The normalized spacial score (nSPS) is 29.8. The molecule has 0 N–H and O–H groups in total. The van der Waals surface area contributed by atoms with Gasteiger partial charge in [-0.25, -0.2) is 4.98 Å². The fraction of sp³-hybridized carbons (Fsp3) is 0.538. The third kappa shape index (κ3) is 2.12. The standard InChI is InChI=1S/C13H16N2O2/c16-13(12-8-10-1-2-11(12)7-10)17-6-5-15-4-3-14-9-15/h1-4,9-12H,5-8H2. The number of nitrogens with zero attached hydrogens (tertiary/aromatic N) is 2. The van der Waals surface area contributed by atoms with Crippen LogP contribution in [0.5, 0.6) is 0 Å². The second kappa shape index (κ2) is 4.35. The Morgan fingerprint density at radius 1 is 1.41 bits per heavy atom. The number of fused-ring (bicyclic) bond motifs is 2. The fourth-order valence-corrected chi connectivity index (χ4v) is 2.83. The van der Waals surface area contributed by atoms with Crippen molar-refractivity contribution in [2.24, 2.45) is 17.8 Å². The minimum absolute atomic E-state index is 0.0260. The smallest absolute Gasteiger partial charge is 0.309 e. The number of carbonyl (C=O) groups excluding carboxylic acids is 1. The molecule has 17 heavy (non-hydrogen) atoms. The summed E-state index contributed by atoms with van der Waals surface area (Å²) in [5.41, 5.74) is 0. The van der Waals surface area contributed by atoms with Crippen LogP contribution in [-0.4, -0.2) is 22.1 Å². The summed E-state index contributed by atoms with van der Waals surface area (Å²) in [4.78, 5) is 15.8. The highest BCUT2D eigenvalue weighted by Crippen LogP contribution is 2.43. The lowest BCUT2D eigenvalue weighted by Gasteiger charge is -2.16. The van der Waals surface area contributed by atoms with E-state index in [0.29, 0.717) is 25.0 Å². The zero-order valence-electron chi connectivity index (χ0n) is 9.66. The molecule has 2 bridgehead atoms. The van der Waals surface area contributed by atoms with E-state index >= 15 is 0 Å². The number of hydrogen-bond acceptors (Lipinski definition) is 3. The van der Waals surface area contributed by atoms with Crippen molar-refractivity contribution in [3.05, 3.63) is 30.9 Å². The second-order valence-corrected chi connectivity index (χ2v) is 4.85. The number of allylic oxidation sites excluding steroid dienone is 2.